The normalized spacial score (nSPS) is 19.6. The Kier molecular flexibility index (Phi) is 5.01. The summed E-state index contributed by atoms with van der Waals surface area (Å²) in [6.07, 6.45) is 5.15. The highest BCUT2D eigenvalue weighted by molar-refractivity contribution is 5.74. The number of hydrogen-bond acceptors (Lipinski definition) is 1. The molecule has 1 unspecified atom stereocenters. The van der Waals surface area contributed by atoms with Crippen LogP contribution in [0.5, 0.6) is 0 Å². The quantitative estimate of drug-likeness (QED) is 0.830. The molecule has 1 N–H and O–H groups in total. The van der Waals surface area contributed by atoms with Crippen molar-refractivity contribution in [3.63, 3.8) is 0 Å². The molecule has 0 saturated carbocycles. The third kappa shape index (κ3) is 3.85. The van der Waals surface area contributed by atoms with E-state index >= 15 is 0 Å². The van der Waals surface area contributed by atoms with E-state index in [1.165, 1.54) is 12.0 Å². The van der Waals surface area contributed by atoms with Crippen LogP contribution in [0.3, 0.4) is 0 Å². The lowest BCUT2D eigenvalue weighted by Crippen LogP contribution is -2.41. The zero-order valence-corrected chi connectivity index (χ0v) is 11.3. The smallest absolute Gasteiger partial charge is 0.317 e. The van der Waals surface area contributed by atoms with Crippen molar-refractivity contribution in [1.29, 1.82) is 0 Å². The summed E-state index contributed by atoms with van der Waals surface area (Å²) in [6.45, 7) is 5.82. The van der Waals surface area contributed by atoms with Gasteiger partial charge in [-0.2, -0.15) is 0 Å². The molecule has 2 rings (SSSR count). The first kappa shape index (κ1) is 13.7. The van der Waals surface area contributed by atoms with Crippen molar-refractivity contribution in [3.8, 4) is 0 Å². The largest absolute Gasteiger partial charge is 0.335 e. The second kappa shape index (κ2) is 6.98. The van der Waals surface area contributed by atoms with Gasteiger partial charge in [0.15, 0.2) is 0 Å². The molecule has 1 aromatic carbocycles. The van der Waals surface area contributed by atoms with Crippen LogP contribution in [-0.2, 0) is 0 Å². The summed E-state index contributed by atoms with van der Waals surface area (Å²) in [5.41, 5.74) is 1.34. The van der Waals surface area contributed by atoms with Crippen LogP contribution in [-0.4, -0.2) is 30.6 Å². The number of hydrogen-bond donors (Lipinski definition) is 1. The Morgan fingerprint density at radius 3 is 2.89 bits per heavy atom. The first-order valence-corrected chi connectivity index (χ1v) is 7.00. The van der Waals surface area contributed by atoms with Gasteiger partial charge in [-0.05, 0) is 18.4 Å². The van der Waals surface area contributed by atoms with Crippen molar-refractivity contribution in [2.75, 3.05) is 19.6 Å². The minimum atomic E-state index is 0.0303. The summed E-state index contributed by atoms with van der Waals surface area (Å²) in [4.78, 5) is 14.0. The second-order valence-electron chi connectivity index (χ2n) is 5.02. The van der Waals surface area contributed by atoms with Crippen LogP contribution >= 0.6 is 0 Å². The summed E-state index contributed by atoms with van der Waals surface area (Å²) in [7, 11) is 0. The highest BCUT2D eigenvalue weighted by Gasteiger charge is 2.22. The Hall–Kier alpha value is -1.77. The highest BCUT2D eigenvalue weighted by atomic mass is 16.2. The van der Waals surface area contributed by atoms with Crippen LogP contribution in [0, 0.1) is 0 Å². The van der Waals surface area contributed by atoms with Crippen molar-refractivity contribution in [2.24, 2.45) is 0 Å². The molecule has 1 atom stereocenters. The van der Waals surface area contributed by atoms with E-state index in [1.54, 1.807) is 6.08 Å². The van der Waals surface area contributed by atoms with Crippen molar-refractivity contribution in [2.45, 2.75) is 25.2 Å². The molecule has 0 aliphatic carbocycles. The fraction of sp³-hybridized carbons (Fsp3) is 0.438. The number of benzene rings is 1. The molecule has 1 saturated heterocycles. The van der Waals surface area contributed by atoms with Crippen molar-refractivity contribution in [3.05, 3.63) is 48.6 Å². The first-order chi connectivity index (χ1) is 9.31. The SMILES string of the molecule is C=CCNC(=O)N1CCCCC(c2ccccc2)C1. The van der Waals surface area contributed by atoms with Gasteiger partial charge in [-0.3, -0.25) is 0 Å². The zero-order chi connectivity index (χ0) is 13.5. The van der Waals surface area contributed by atoms with Gasteiger partial charge in [0.05, 0.1) is 0 Å². The molecule has 1 heterocycles. The third-order valence-corrected chi connectivity index (χ3v) is 3.63. The molecule has 19 heavy (non-hydrogen) atoms. The van der Waals surface area contributed by atoms with Crippen molar-refractivity contribution < 1.29 is 4.79 Å². The molecule has 1 fully saturated rings. The molecule has 1 aromatic rings. The van der Waals surface area contributed by atoms with Crippen LogP contribution in [0.1, 0.15) is 30.7 Å². The summed E-state index contributed by atoms with van der Waals surface area (Å²) in [5.74, 6) is 0.457. The maximum absolute atomic E-state index is 12.1. The van der Waals surface area contributed by atoms with E-state index in [0.717, 1.165) is 25.9 Å². The van der Waals surface area contributed by atoms with Crippen LogP contribution < -0.4 is 5.32 Å². The molecule has 102 valence electrons. The number of nitrogens with one attached hydrogen (secondary N) is 1. The maximum Gasteiger partial charge on any atom is 0.317 e. The van der Waals surface area contributed by atoms with E-state index in [9.17, 15) is 4.79 Å². The molecule has 0 radical (unpaired) electrons. The first-order valence-electron chi connectivity index (χ1n) is 7.00. The average molecular weight is 258 g/mol. The molecule has 0 aromatic heterocycles. The van der Waals surface area contributed by atoms with Crippen LogP contribution in [0.2, 0.25) is 0 Å². The molecule has 0 spiro atoms. The topological polar surface area (TPSA) is 32.3 Å². The Labute approximate surface area is 115 Å². The monoisotopic (exact) mass is 258 g/mol. The van der Waals surface area contributed by atoms with Crippen LogP contribution in [0.4, 0.5) is 4.79 Å². The number of rotatable bonds is 3. The molecular weight excluding hydrogens is 236 g/mol. The van der Waals surface area contributed by atoms with Gasteiger partial charge in [0, 0.05) is 25.6 Å². The summed E-state index contributed by atoms with van der Waals surface area (Å²) in [6, 6.07) is 10.5. The van der Waals surface area contributed by atoms with Gasteiger partial charge < -0.3 is 10.2 Å². The predicted octanol–water partition coefficient (Wildman–Crippen LogP) is 3.15. The number of nitrogens with zero attached hydrogens (tertiary/aromatic N) is 1. The fourth-order valence-corrected chi connectivity index (χ4v) is 2.60. The lowest BCUT2D eigenvalue weighted by Gasteiger charge is -2.24. The van der Waals surface area contributed by atoms with Crippen LogP contribution in [0.15, 0.2) is 43.0 Å². The van der Waals surface area contributed by atoms with Gasteiger partial charge in [-0.1, -0.05) is 42.8 Å². The molecule has 1 aliphatic rings. The van der Waals surface area contributed by atoms with E-state index in [2.05, 4.69) is 36.2 Å². The van der Waals surface area contributed by atoms with Gasteiger partial charge in [0.2, 0.25) is 0 Å². The summed E-state index contributed by atoms with van der Waals surface area (Å²) >= 11 is 0. The van der Waals surface area contributed by atoms with E-state index in [0.29, 0.717) is 12.5 Å². The van der Waals surface area contributed by atoms with Gasteiger partial charge in [-0.15, -0.1) is 6.58 Å². The lowest BCUT2D eigenvalue weighted by molar-refractivity contribution is 0.198. The number of amides is 2. The number of carbonyl (C=O) groups is 1. The summed E-state index contributed by atoms with van der Waals surface area (Å²) < 4.78 is 0. The Balaban J connectivity index is 2.02. The Morgan fingerprint density at radius 2 is 2.16 bits per heavy atom. The zero-order valence-electron chi connectivity index (χ0n) is 11.3. The van der Waals surface area contributed by atoms with Crippen molar-refractivity contribution >= 4 is 6.03 Å². The Bertz CT molecular complexity index is 416. The molecular formula is C16H22N2O. The molecule has 0 bridgehead atoms. The molecule has 3 heteroatoms. The molecule has 2 amide bonds. The minimum absolute atomic E-state index is 0.0303. The second-order valence-corrected chi connectivity index (χ2v) is 5.02. The summed E-state index contributed by atoms with van der Waals surface area (Å²) in [5, 5.41) is 2.87. The molecule has 1 aliphatic heterocycles. The van der Waals surface area contributed by atoms with E-state index in [1.807, 2.05) is 11.0 Å². The average Bonchev–Trinajstić information content (AvgIpc) is 2.71. The predicted molar refractivity (Wildman–Crippen MR) is 78.2 cm³/mol. The van der Waals surface area contributed by atoms with Gasteiger partial charge >= 0.3 is 6.03 Å². The van der Waals surface area contributed by atoms with E-state index in [-0.39, 0.29) is 6.03 Å². The third-order valence-electron chi connectivity index (χ3n) is 3.63. The minimum Gasteiger partial charge on any atom is -0.335 e. The Morgan fingerprint density at radius 1 is 1.37 bits per heavy atom. The standard InChI is InChI=1S/C16H22N2O/c1-2-11-17-16(19)18-12-7-6-10-15(13-18)14-8-4-3-5-9-14/h2-5,8-9,15H,1,6-7,10-13H2,(H,17,19). The maximum atomic E-state index is 12.1. The number of urea groups is 1. The molecule has 3 nitrogen and oxygen atoms in total. The van der Waals surface area contributed by atoms with Gasteiger partial charge in [0.1, 0.15) is 0 Å². The van der Waals surface area contributed by atoms with Crippen molar-refractivity contribution in [1.82, 2.24) is 10.2 Å². The van der Waals surface area contributed by atoms with Gasteiger partial charge in [-0.25, -0.2) is 4.79 Å². The van der Waals surface area contributed by atoms with E-state index in [4.69, 9.17) is 0 Å². The van der Waals surface area contributed by atoms with E-state index < -0.39 is 0 Å². The lowest BCUT2D eigenvalue weighted by atomic mass is 9.94. The highest BCUT2D eigenvalue weighted by Crippen LogP contribution is 2.26. The number of carbonyl (C=O) groups excluding carboxylic acids is 1. The fourth-order valence-electron chi connectivity index (χ4n) is 2.60. The van der Waals surface area contributed by atoms with Crippen LogP contribution in [0.25, 0.3) is 0 Å². The number of likely N-dealkylation sites (tertiary alicyclic amines) is 1. The van der Waals surface area contributed by atoms with Gasteiger partial charge in [0.25, 0.3) is 0 Å².